The van der Waals surface area contributed by atoms with Crippen LogP contribution in [0.1, 0.15) is 225 Å². The van der Waals surface area contributed by atoms with Gasteiger partial charge in [0.2, 0.25) is 5.30 Å². The fraction of sp³-hybridized carbons (Fsp3) is 0.277. The number of nitrogens with zero attached hydrogens (tertiary/aromatic N) is 8. The minimum absolute atomic E-state index is 0.00340. The highest BCUT2D eigenvalue weighted by atomic mass is 79.9. The smallest absolute Gasteiger partial charge is 0.322 e. The Labute approximate surface area is 862 Å². The zero-order chi connectivity index (χ0) is 103. The van der Waals surface area contributed by atoms with E-state index in [1.807, 2.05) is 80.7 Å². The summed E-state index contributed by atoms with van der Waals surface area (Å²) in [5, 5.41) is 16.7. The second-order valence-electron chi connectivity index (χ2n) is 47.7. The Morgan fingerprint density at radius 2 is 0.483 bits per heavy atom. The molecule has 0 amide bonds. The Hall–Kier alpha value is -13.1. The minimum atomic E-state index is -3.39. The average molecular weight is 2010 g/mol. The maximum Gasteiger partial charge on any atom is 0.548 e. The third-order valence-electron chi connectivity index (χ3n) is 29.3. The van der Waals surface area contributed by atoms with E-state index in [4.69, 9.17) is 19.0 Å². The van der Waals surface area contributed by atoms with E-state index in [1.165, 1.54) is 143 Å². The lowest BCUT2D eigenvalue weighted by atomic mass is 9.85. The Morgan fingerprint density at radius 3 is 0.703 bits per heavy atom. The minimum Gasteiger partial charge on any atom is -0.322 e. The van der Waals surface area contributed by atoms with E-state index in [9.17, 15) is 9.13 Å². The molecule has 0 spiro atoms. The molecule has 734 valence electrons. The summed E-state index contributed by atoms with van der Waals surface area (Å²) in [5.74, 6) is 1.62. The molecule has 2 atom stereocenters. The van der Waals surface area contributed by atoms with Gasteiger partial charge in [-0.25, -0.2) is 9.97 Å². The zero-order valence-corrected chi connectivity index (χ0v) is 92.3. The molecule has 22 rings (SSSR count). The van der Waals surface area contributed by atoms with Gasteiger partial charge in [0.25, 0.3) is 7.37 Å². The summed E-state index contributed by atoms with van der Waals surface area (Å²) >= 11 is 3.63. The molecular formula is C130H134BrN8O4P2+. The van der Waals surface area contributed by atoms with E-state index in [2.05, 4.69) is 440 Å². The summed E-state index contributed by atoms with van der Waals surface area (Å²) in [7, 11) is -5.02. The van der Waals surface area contributed by atoms with Crippen molar-refractivity contribution in [1.82, 2.24) is 37.4 Å². The zero-order valence-electron chi connectivity index (χ0n) is 88.9. The molecule has 145 heavy (non-hydrogen) atoms. The van der Waals surface area contributed by atoms with Crippen molar-refractivity contribution in [2.24, 2.45) is 0 Å². The van der Waals surface area contributed by atoms with Crippen LogP contribution in [0.4, 0.5) is 0 Å². The molecule has 0 fully saturated rings. The SMILES string of the molecule is CC(C)(C)c1ccc2c(c1)c1cc(C(C)(C)C)ccc1n2-c1ccc2c(c1)c1cc(-n3c4ccc(C(C)(C)C)cc4c4cc(C(C)(C)C)ccc43)ccc1n2-c1ccc(Br)cn1.CCOP(=O)(c1ccccc1)c1ccc(-n2c3ccc(-n4c5ccc(C(C)(C)C)cc5c5cc(C(C)(C)C)ccc54)cc3c3cc(-n4c5ccc(C(C)(C)C)cc5c5cc(C(C)(C)C)ccc54)ccc32)nc1.CCO[P+](=O)c1ccccc1. The van der Waals surface area contributed by atoms with Gasteiger partial charge in [0.05, 0.1) is 78.1 Å². The molecule has 8 aromatic heterocycles. The molecule has 8 heterocycles. The molecule has 14 aromatic carbocycles. The molecule has 0 aliphatic heterocycles. The highest BCUT2D eigenvalue weighted by Gasteiger charge is 2.33. The predicted octanol–water partition coefficient (Wildman–Crippen LogP) is 35.2. The molecule has 0 radical (unpaired) electrons. The summed E-state index contributed by atoms with van der Waals surface area (Å²) < 4.78 is 52.3. The van der Waals surface area contributed by atoms with Gasteiger partial charge in [0.1, 0.15) is 18.2 Å². The molecule has 2 unspecified atom stereocenters. The van der Waals surface area contributed by atoms with Gasteiger partial charge in [0, 0.05) is 110 Å². The molecule has 0 aliphatic carbocycles. The van der Waals surface area contributed by atoms with Crippen LogP contribution in [0.25, 0.3) is 165 Å². The van der Waals surface area contributed by atoms with Crippen LogP contribution < -0.4 is 15.9 Å². The van der Waals surface area contributed by atoms with Crippen LogP contribution >= 0.6 is 31.3 Å². The predicted molar refractivity (Wildman–Crippen MR) is 622 cm³/mol. The quantitative estimate of drug-likeness (QED) is 0.106. The summed E-state index contributed by atoms with van der Waals surface area (Å²) in [6.07, 6.45) is 3.63. The molecule has 0 aliphatic rings. The van der Waals surface area contributed by atoms with Crippen LogP contribution in [0, 0.1) is 0 Å². The molecule has 22 aromatic rings. The van der Waals surface area contributed by atoms with E-state index < -0.39 is 15.4 Å². The highest BCUT2D eigenvalue weighted by Crippen LogP contribution is 2.50. The summed E-state index contributed by atoms with van der Waals surface area (Å²) in [4.78, 5) is 10.1. The number of benzene rings is 14. The first-order chi connectivity index (χ1) is 68.5. The van der Waals surface area contributed by atoms with E-state index in [0.29, 0.717) is 23.8 Å². The largest absolute Gasteiger partial charge is 0.548 e. The van der Waals surface area contributed by atoms with Crippen molar-refractivity contribution >= 4 is 178 Å². The number of fused-ring (bicyclic) bond motifs is 18. The molecule has 15 heteroatoms. The topological polar surface area (TPSA) is 108 Å². The van der Waals surface area contributed by atoms with Crippen LogP contribution in [0.3, 0.4) is 0 Å². The Morgan fingerprint density at radius 1 is 0.255 bits per heavy atom. The fourth-order valence-corrected chi connectivity index (χ4v) is 24.1. The number of halogens is 1. The second kappa shape index (κ2) is 36.5. The van der Waals surface area contributed by atoms with Gasteiger partial charge in [-0.2, -0.15) is 0 Å². The number of rotatable bonds is 13. The van der Waals surface area contributed by atoms with Gasteiger partial charge < -0.3 is 22.8 Å². The van der Waals surface area contributed by atoms with Gasteiger partial charge in [-0.3, -0.25) is 13.7 Å². The van der Waals surface area contributed by atoms with Crippen LogP contribution in [0.15, 0.2) is 320 Å². The van der Waals surface area contributed by atoms with Crippen molar-refractivity contribution in [2.45, 2.75) is 223 Å². The third kappa shape index (κ3) is 18.2. The standard InChI is InChI=1S/C65H67N4O2P.C57H57BrN4.C8H10O2P/c1-14-71-72(70,47-18-16-15-17-19-47)48-26-33-61(66-40-48)69-59-31-24-45(67-55-27-20-41(62(2,3)4)34-49(55)50-35-42(63(5,6)7)21-28-56(50)67)38-53(59)54-39-46(25-32-60(54)69)68-57-29-22-43(64(8,9)10)36-51(57)52-37-44(65(11,12)13)23-30-58(52)68;1-54(2,3)34-13-20-47-41(27-34)42-28-35(55(4,5)6)14-21-48(42)60(47)39-18-24-51-45(31-39)46-32-40(19-25-52(46)62(51)53-26-17-38(58)33-59-53)61-49-22-15-36(56(7,8)9)29-43(49)44-30-37(57(10,11)12)16-23-50(44)61;1-2-10-11(9)8-6-4-3-5-7-8/h15-40H,14H2,1-13H3;13-33H,1-12H3;3-7H,2H2,1H3/q;;+1. The van der Waals surface area contributed by atoms with E-state index in [0.717, 1.165) is 77.0 Å². The second-order valence-corrected chi connectivity index (χ2v) is 52.3. The first-order valence-electron chi connectivity index (χ1n) is 51.1. The lowest BCUT2D eigenvalue weighted by molar-refractivity contribution is 0.348. The maximum absolute atomic E-state index is 14.7. The molecule has 0 bridgehead atoms. The van der Waals surface area contributed by atoms with Crippen molar-refractivity contribution in [3.8, 4) is 34.4 Å². The Kier molecular flexibility index (Phi) is 25.0. The van der Waals surface area contributed by atoms with Crippen molar-refractivity contribution in [3.05, 3.63) is 365 Å². The fourth-order valence-electron chi connectivity index (χ4n) is 21.0. The first-order valence-corrected chi connectivity index (χ1v) is 54.7. The van der Waals surface area contributed by atoms with Crippen LogP contribution in [0.5, 0.6) is 0 Å². The number of hydrogen-bond donors (Lipinski definition) is 0. The monoisotopic (exact) mass is 2010 g/mol. The van der Waals surface area contributed by atoms with Gasteiger partial charge >= 0.3 is 8.03 Å². The lowest BCUT2D eigenvalue weighted by Crippen LogP contribution is -2.19. The van der Waals surface area contributed by atoms with Crippen molar-refractivity contribution in [3.63, 3.8) is 0 Å². The maximum atomic E-state index is 14.7. The molecular weight excluding hydrogens is 1880 g/mol. The normalized spacial score (nSPS) is 13.4. The number of hydrogen-bond acceptors (Lipinski definition) is 6. The van der Waals surface area contributed by atoms with Crippen molar-refractivity contribution in [1.29, 1.82) is 0 Å². The summed E-state index contributed by atoms with van der Waals surface area (Å²) in [5.41, 5.74) is 29.0. The van der Waals surface area contributed by atoms with E-state index >= 15 is 0 Å². The molecule has 0 saturated heterocycles. The number of pyridine rings is 2. The van der Waals surface area contributed by atoms with Gasteiger partial charge in [-0.05, 0) is 341 Å². The van der Waals surface area contributed by atoms with Crippen molar-refractivity contribution < 1.29 is 18.2 Å². The van der Waals surface area contributed by atoms with Crippen molar-refractivity contribution in [2.75, 3.05) is 13.2 Å². The molecule has 12 nitrogen and oxygen atoms in total. The number of aromatic nitrogens is 8. The Bertz CT molecular complexity index is 8260. The lowest BCUT2D eigenvalue weighted by Gasteiger charge is -2.19. The third-order valence-corrected chi connectivity index (χ3v) is 33.6. The van der Waals surface area contributed by atoms with Gasteiger partial charge in [-0.15, -0.1) is 4.52 Å². The van der Waals surface area contributed by atoms with Gasteiger partial charge in [0.15, 0.2) is 0 Å². The van der Waals surface area contributed by atoms with Crippen LogP contribution in [0.2, 0.25) is 0 Å². The molecule has 0 N–H and O–H groups in total. The highest BCUT2D eigenvalue weighted by molar-refractivity contribution is 9.10. The van der Waals surface area contributed by atoms with Crippen LogP contribution in [-0.4, -0.2) is 50.6 Å². The van der Waals surface area contributed by atoms with E-state index in [1.54, 1.807) is 18.3 Å². The van der Waals surface area contributed by atoms with Crippen LogP contribution in [-0.2, 0) is 61.5 Å². The average Bonchev–Trinajstić information content (AvgIpc) is 1.56. The molecule has 0 saturated carbocycles. The summed E-state index contributed by atoms with van der Waals surface area (Å²) in [6, 6.07) is 111. The summed E-state index contributed by atoms with van der Waals surface area (Å²) in [6.45, 7) is 59.7. The first kappa shape index (κ1) is 99.3. The Balaban J connectivity index is 0.000000161. The van der Waals surface area contributed by atoms with E-state index in [-0.39, 0.29) is 43.3 Å². The van der Waals surface area contributed by atoms with Gasteiger partial charge in [-0.1, -0.05) is 251 Å².